The molecule has 0 saturated carbocycles. The topological polar surface area (TPSA) is 35.3 Å². The van der Waals surface area contributed by atoms with Crippen molar-refractivity contribution in [2.75, 3.05) is 0 Å². The van der Waals surface area contributed by atoms with E-state index >= 15 is 0 Å². The molecule has 1 aromatic carbocycles. The maximum Gasteiger partial charge on any atom is 0.280 e. The SMILES string of the molecule is ClC(Cl)=CC(Cl)(Cl)Oc1cccc(-c2cc(CBr)on2)c1. The second-order valence-electron chi connectivity index (χ2n) is 3.94. The minimum atomic E-state index is -1.66. The van der Waals surface area contributed by atoms with Gasteiger partial charge in [-0.2, -0.15) is 0 Å². The highest BCUT2D eigenvalue weighted by Crippen LogP contribution is 2.32. The van der Waals surface area contributed by atoms with Gasteiger partial charge in [0.05, 0.1) is 5.33 Å². The fraction of sp³-hybridized carbons (Fsp3) is 0.154. The summed E-state index contributed by atoms with van der Waals surface area (Å²) in [4.78, 5) is 0. The van der Waals surface area contributed by atoms with Crippen molar-refractivity contribution in [3.63, 3.8) is 0 Å². The predicted molar refractivity (Wildman–Crippen MR) is 89.4 cm³/mol. The standard InChI is InChI=1S/C13H8BrCl4NO2/c14-7-10-5-11(19-21-10)8-2-1-3-9(4-8)20-13(17,18)6-12(15)16/h1-6H,7H2. The van der Waals surface area contributed by atoms with Crippen LogP contribution in [0.3, 0.4) is 0 Å². The van der Waals surface area contributed by atoms with E-state index in [9.17, 15) is 0 Å². The third-order valence-electron chi connectivity index (χ3n) is 2.35. The van der Waals surface area contributed by atoms with Crippen molar-refractivity contribution in [2.24, 2.45) is 0 Å². The van der Waals surface area contributed by atoms with Crippen LogP contribution in [0, 0.1) is 0 Å². The smallest absolute Gasteiger partial charge is 0.280 e. The number of alkyl halides is 3. The van der Waals surface area contributed by atoms with E-state index in [0.29, 0.717) is 16.8 Å². The Morgan fingerprint density at radius 2 is 2.10 bits per heavy atom. The van der Waals surface area contributed by atoms with E-state index < -0.39 is 4.52 Å². The van der Waals surface area contributed by atoms with Crippen molar-refractivity contribution in [1.82, 2.24) is 5.16 Å². The molecule has 0 bridgehead atoms. The summed E-state index contributed by atoms with van der Waals surface area (Å²) in [6.45, 7) is 0. The molecule has 2 rings (SSSR count). The van der Waals surface area contributed by atoms with Gasteiger partial charge in [0.1, 0.15) is 21.7 Å². The molecule has 0 amide bonds. The summed E-state index contributed by atoms with van der Waals surface area (Å²) >= 11 is 26.2. The van der Waals surface area contributed by atoms with E-state index in [1.54, 1.807) is 18.2 Å². The summed E-state index contributed by atoms with van der Waals surface area (Å²) in [7, 11) is 0. The molecule has 0 saturated heterocycles. The van der Waals surface area contributed by atoms with Gasteiger partial charge in [-0.1, -0.05) is 79.6 Å². The Morgan fingerprint density at radius 1 is 1.33 bits per heavy atom. The van der Waals surface area contributed by atoms with Gasteiger partial charge in [0, 0.05) is 17.7 Å². The van der Waals surface area contributed by atoms with Crippen LogP contribution >= 0.6 is 62.3 Å². The molecule has 0 radical (unpaired) electrons. The third kappa shape index (κ3) is 5.08. The number of aromatic nitrogens is 1. The molecule has 0 aliphatic heterocycles. The lowest BCUT2D eigenvalue weighted by molar-refractivity contribution is 0.289. The molecule has 1 heterocycles. The van der Waals surface area contributed by atoms with Crippen molar-refractivity contribution >= 4 is 62.3 Å². The van der Waals surface area contributed by atoms with Crippen molar-refractivity contribution < 1.29 is 9.26 Å². The average Bonchev–Trinajstić information content (AvgIpc) is 2.85. The van der Waals surface area contributed by atoms with Gasteiger partial charge in [0.25, 0.3) is 4.52 Å². The van der Waals surface area contributed by atoms with Gasteiger partial charge >= 0.3 is 0 Å². The molecule has 0 aliphatic carbocycles. The first-order valence-electron chi connectivity index (χ1n) is 5.62. The van der Waals surface area contributed by atoms with Crippen LogP contribution in [-0.4, -0.2) is 9.68 Å². The number of ether oxygens (including phenoxy) is 1. The number of nitrogens with zero attached hydrogens (tertiary/aromatic N) is 1. The van der Waals surface area contributed by atoms with Gasteiger partial charge in [0.15, 0.2) is 0 Å². The highest BCUT2D eigenvalue weighted by Gasteiger charge is 2.24. The molecule has 2 aromatic rings. The Morgan fingerprint density at radius 3 is 2.71 bits per heavy atom. The monoisotopic (exact) mass is 429 g/mol. The van der Waals surface area contributed by atoms with E-state index in [4.69, 9.17) is 55.7 Å². The minimum Gasteiger partial charge on any atom is -0.454 e. The molecule has 8 heteroatoms. The molecule has 0 N–H and O–H groups in total. The first-order chi connectivity index (χ1) is 9.89. The molecule has 3 nitrogen and oxygen atoms in total. The van der Waals surface area contributed by atoms with E-state index in [1.165, 1.54) is 6.08 Å². The van der Waals surface area contributed by atoms with E-state index in [0.717, 1.165) is 11.3 Å². The summed E-state index contributed by atoms with van der Waals surface area (Å²) in [5, 5.41) is 4.55. The zero-order valence-electron chi connectivity index (χ0n) is 10.3. The number of hydrogen-bond donors (Lipinski definition) is 0. The second-order valence-corrected chi connectivity index (χ2v) is 6.82. The molecule has 0 aliphatic rings. The Labute approximate surface area is 149 Å². The molecule has 112 valence electrons. The normalized spacial score (nSPS) is 11.3. The first kappa shape index (κ1) is 17.0. The molecular formula is C13H8BrCl4NO2. The Kier molecular flexibility index (Phi) is 5.86. The summed E-state index contributed by atoms with van der Waals surface area (Å²) in [6.07, 6.45) is 1.17. The van der Waals surface area contributed by atoms with Gasteiger partial charge < -0.3 is 9.26 Å². The summed E-state index contributed by atoms with van der Waals surface area (Å²) in [5.41, 5.74) is 1.48. The lowest BCUT2D eigenvalue weighted by Crippen LogP contribution is -2.18. The van der Waals surface area contributed by atoms with Gasteiger partial charge in [0.2, 0.25) is 0 Å². The van der Waals surface area contributed by atoms with Crippen LogP contribution < -0.4 is 4.74 Å². The van der Waals surface area contributed by atoms with Crippen LogP contribution in [0.5, 0.6) is 5.75 Å². The van der Waals surface area contributed by atoms with Crippen molar-refractivity contribution in [3.05, 3.63) is 46.7 Å². The van der Waals surface area contributed by atoms with Crippen LogP contribution in [0.15, 0.2) is 45.4 Å². The third-order valence-corrected chi connectivity index (χ3v) is 3.49. The van der Waals surface area contributed by atoms with E-state index in [2.05, 4.69) is 21.1 Å². The number of benzene rings is 1. The molecule has 0 fully saturated rings. The fourth-order valence-corrected chi connectivity index (χ4v) is 2.74. The van der Waals surface area contributed by atoms with Gasteiger partial charge in [-0.05, 0) is 12.1 Å². The highest BCUT2D eigenvalue weighted by atomic mass is 79.9. The van der Waals surface area contributed by atoms with Crippen molar-refractivity contribution in [2.45, 2.75) is 9.85 Å². The number of hydrogen-bond acceptors (Lipinski definition) is 3. The summed E-state index contributed by atoms with van der Waals surface area (Å²) in [6, 6.07) is 8.88. The molecule has 1 aromatic heterocycles. The molecule has 21 heavy (non-hydrogen) atoms. The van der Waals surface area contributed by atoms with Crippen molar-refractivity contribution in [1.29, 1.82) is 0 Å². The van der Waals surface area contributed by atoms with E-state index in [1.807, 2.05) is 12.1 Å². The fourth-order valence-electron chi connectivity index (χ4n) is 1.54. The maximum absolute atomic E-state index is 5.95. The van der Waals surface area contributed by atoms with Crippen molar-refractivity contribution in [3.8, 4) is 17.0 Å². The van der Waals surface area contributed by atoms with E-state index in [-0.39, 0.29) is 4.49 Å². The first-order valence-corrected chi connectivity index (χ1v) is 8.25. The molecule has 0 unspecified atom stereocenters. The van der Waals surface area contributed by atoms with Gasteiger partial charge in [-0.3, -0.25) is 0 Å². The second kappa shape index (κ2) is 7.25. The van der Waals surface area contributed by atoms with Crippen LogP contribution in [0.4, 0.5) is 0 Å². The zero-order chi connectivity index (χ0) is 15.5. The molecule has 0 atom stereocenters. The zero-order valence-corrected chi connectivity index (χ0v) is 14.9. The van der Waals surface area contributed by atoms with Crippen LogP contribution in [0.25, 0.3) is 11.3 Å². The lowest BCUT2D eigenvalue weighted by atomic mass is 10.1. The number of rotatable bonds is 5. The average molecular weight is 432 g/mol. The summed E-state index contributed by atoms with van der Waals surface area (Å²) < 4.78 is 8.80. The molecule has 0 spiro atoms. The Balaban J connectivity index is 2.24. The predicted octanol–water partition coefficient (Wildman–Crippen LogP) is 6.07. The van der Waals surface area contributed by atoms with Crippen LogP contribution in [-0.2, 0) is 5.33 Å². The maximum atomic E-state index is 5.95. The van der Waals surface area contributed by atoms with Gasteiger partial charge in [-0.25, -0.2) is 0 Å². The quantitative estimate of drug-likeness (QED) is 0.539. The highest BCUT2D eigenvalue weighted by molar-refractivity contribution is 9.08. The minimum absolute atomic E-state index is 0.0883. The molecular weight excluding hydrogens is 424 g/mol. The van der Waals surface area contributed by atoms with Crippen LogP contribution in [0.2, 0.25) is 0 Å². The van der Waals surface area contributed by atoms with Crippen LogP contribution in [0.1, 0.15) is 5.76 Å². The van der Waals surface area contributed by atoms with Gasteiger partial charge in [-0.15, -0.1) is 0 Å². The number of halogens is 5. The lowest BCUT2D eigenvalue weighted by Gasteiger charge is -2.17. The summed E-state index contributed by atoms with van der Waals surface area (Å²) in [5.74, 6) is 1.16. The Hall–Kier alpha value is -0.390. The Bertz CT molecular complexity index is 653. The largest absolute Gasteiger partial charge is 0.454 e.